The van der Waals surface area contributed by atoms with Gasteiger partial charge in [0.1, 0.15) is 0 Å². The molecule has 0 aliphatic carbocycles. The van der Waals surface area contributed by atoms with Crippen molar-refractivity contribution in [2.24, 2.45) is 0 Å². The van der Waals surface area contributed by atoms with Crippen LogP contribution in [-0.4, -0.2) is 69.1 Å². The second-order valence-electron chi connectivity index (χ2n) is 4.63. The highest BCUT2D eigenvalue weighted by Gasteiger charge is 2.14. The van der Waals surface area contributed by atoms with Crippen LogP contribution >= 0.6 is 0 Å². The minimum Gasteiger partial charge on any atom is -0.353 e. The topological polar surface area (TPSA) is 24.9 Å². The van der Waals surface area contributed by atoms with E-state index in [-0.39, 0.29) is 6.29 Å². The molecule has 0 unspecified atom stereocenters. The minimum atomic E-state index is -0.0222. The van der Waals surface area contributed by atoms with Crippen LogP contribution in [0.4, 0.5) is 0 Å². The van der Waals surface area contributed by atoms with Gasteiger partial charge in [-0.25, -0.2) is 0 Å². The Hall–Kier alpha value is -0.160. The lowest BCUT2D eigenvalue weighted by molar-refractivity contribution is -0.141. The molecule has 1 fully saturated rings. The van der Waals surface area contributed by atoms with Gasteiger partial charge in [0.15, 0.2) is 6.29 Å². The first-order chi connectivity index (χ1) is 8.26. The van der Waals surface area contributed by atoms with Gasteiger partial charge in [-0.3, -0.25) is 0 Å². The summed E-state index contributed by atoms with van der Waals surface area (Å²) in [7, 11) is 2.20. The molecule has 4 nitrogen and oxygen atoms in total. The van der Waals surface area contributed by atoms with Crippen LogP contribution in [0.15, 0.2) is 0 Å². The van der Waals surface area contributed by atoms with Crippen molar-refractivity contribution in [3.63, 3.8) is 0 Å². The van der Waals surface area contributed by atoms with Gasteiger partial charge in [-0.1, -0.05) is 0 Å². The highest BCUT2D eigenvalue weighted by atomic mass is 16.7. The number of likely N-dealkylation sites (N-methyl/N-ethyl adjacent to an activating group) is 1. The summed E-state index contributed by atoms with van der Waals surface area (Å²) in [6, 6.07) is 0. The van der Waals surface area contributed by atoms with Gasteiger partial charge in [-0.05, 0) is 40.4 Å². The molecule has 17 heavy (non-hydrogen) atoms. The summed E-state index contributed by atoms with van der Waals surface area (Å²) in [5, 5.41) is 0. The van der Waals surface area contributed by atoms with E-state index in [9.17, 15) is 0 Å². The second-order valence-corrected chi connectivity index (χ2v) is 4.63. The number of ether oxygens (including phenoxy) is 2. The van der Waals surface area contributed by atoms with Crippen LogP contribution in [0.2, 0.25) is 0 Å². The molecule has 1 saturated heterocycles. The summed E-state index contributed by atoms with van der Waals surface area (Å²) in [5.74, 6) is 0. The Morgan fingerprint density at radius 2 is 1.71 bits per heavy atom. The van der Waals surface area contributed by atoms with Crippen molar-refractivity contribution >= 4 is 0 Å². The van der Waals surface area contributed by atoms with Gasteiger partial charge in [-0.2, -0.15) is 0 Å². The van der Waals surface area contributed by atoms with Crippen molar-refractivity contribution in [3.05, 3.63) is 0 Å². The Morgan fingerprint density at radius 1 is 1.00 bits per heavy atom. The van der Waals surface area contributed by atoms with Crippen molar-refractivity contribution in [1.82, 2.24) is 9.80 Å². The molecular formula is C13H28N2O2. The maximum Gasteiger partial charge on any atom is 0.158 e. The second kappa shape index (κ2) is 8.86. The molecule has 0 saturated carbocycles. The van der Waals surface area contributed by atoms with Gasteiger partial charge in [0.2, 0.25) is 0 Å². The number of hydrogen-bond donors (Lipinski definition) is 0. The van der Waals surface area contributed by atoms with Gasteiger partial charge < -0.3 is 19.3 Å². The van der Waals surface area contributed by atoms with Crippen molar-refractivity contribution in [2.45, 2.75) is 33.0 Å². The van der Waals surface area contributed by atoms with E-state index in [1.54, 1.807) is 0 Å². The fourth-order valence-corrected chi connectivity index (χ4v) is 2.20. The monoisotopic (exact) mass is 244 g/mol. The van der Waals surface area contributed by atoms with E-state index in [0.717, 1.165) is 26.2 Å². The van der Waals surface area contributed by atoms with E-state index < -0.39 is 0 Å². The van der Waals surface area contributed by atoms with Crippen LogP contribution in [0.5, 0.6) is 0 Å². The molecule has 1 aliphatic heterocycles. The van der Waals surface area contributed by atoms with E-state index in [1.165, 1.54) is 32.6 Å². The highest BCUT2D eigenvalue weighted by molar-refractivity contribution is 4.67. The predicted molar refractivity (Wildman–Crippen MR) is 70.2 cm³/mol. The molecule has 0 radical (unpaired) electrons. The van der Waals surface area contributed by atoms with E-state index in [0.29, 0.717) is 0 Å². The summed E-state index contributed by atoms with van der Waals surface area (Å²) in [4.78, 5) is 4.93. The molecule has 1 aliphatic rings. The quantitative estimate of drug-likeness (QED) is 0.632. The summed E-state index contributed by atoms with van der Waals surface area (Å²) in [5.41, 5.74) is 0. The smallest absolute Gasteiger partial charge is 0.158 e. The zero-order valence-corrected chi connectivity index (χ0v) is 11.7. The lowest BCUT2D eigenvalue weighted by Crippen LogP contribution is -2.32. The highest BCUT2D eigenvalue weighted by Crippen LogP contribution is 2.06. The molecule has 0 aromatic heterocycles. The maximum absolute atomic E-state index is 5.57. The Morgan fingerprint density at radius 3 is 2.35 bits per heavy atom. The molecule has 1 rings (SSSR count). The van der Waals surface area contributed by atoms with Crippen LogP contribution in [0, 0.1) is 0 Å². The summed E-state index contributed by atoms with van der Waals surface area (Å²) in [6.07, 6.45) is 2.22. The Labute approximate surface area is 106 Å². The van der Waals surface area contributed by atoms with Crippen molar-refractivity contribution in [2.75, 3.05) is 53.0 Å². The predicted octanol–water partition coefficient (Wildman–Crippen LogP) is 1.41. The normalized spacial score (nSPS) is 19.8. The number of hydrogen-bond acceptors (Lipinski definition) is 4. The average molecular weight is 244 g/mol. The molecular weight excluding hydrogens is 216 g/mol. The first-order valence-electron chi connectivity index (χ1n) is 6.90. The molecule has 0 atom stereocenters. The third-order valence-corrected chi connectivity index (χ3v) is 3.20. The number of rotatable bonds is 7. The molecule has 0 bridgehead atoms. The van der Waals surface area contributed by atoms with Crippen LogP contribution in [0.3, 0.4) is 0 Å². The van der Waals surface area contributed by atoms with E-state index in [4.69, 9.17) is 9.47 Å². The molecule has 102 valence electrons. The Bertz CT molecular complexity index is 184. The molecule has 0 spiro atoms. The van der Waals surface area contributed by atoms with Crippen molar-refractivity contribution < 1.29 is 9.47 Å². The van der Waals surface area contributed by atoms with Crippen molar-refractivity contribution in [1.29, 1.82) is 0 Å². The minimum absolute atomic E-state index is 0.0222. The fourth-order valence-electron chi connectivity index (χ4n) is 2.20. The van der Waals surface area contributed by atoms with Crippen LogP contribution in [0.1, 0.15) is 26.7 Å². The van der Waals surface area contributed by atoms with Gasteiger partial charge in [0, 0.05) is 39.3 Å². The fraction of sp³-hybridized carbons (Fsp3) is 1.00. The summed E-state index contributed by atoms with van der Waals surface area (Å²) >= 11 is 0. The Kier molecular flexibility index (Phi) is 7.77. The summed E-state index contributed by atoms with van der Waals surface area (Å²) in [6.45, 7) is 11.3. The first-order valence-corrected chi connectivity index (χ1v) is 6.90. The zero-order valence-electron chi connectivity index (χ0n) is 11.7. The van der Waals surface area contributed by atoms with Crippen LogP contribution < -0.4 is 0 Å². The van der Waals surface area contributed by atoms with Crippen LogP contribution in [0.25, 0.3) is 0 Å². The molecule has 0 aromatic carbocycles. The largest absolute Gasteiger partial charge is 0.353 e. The van der Waals surface area contributed by atoms with E-state index in [2.05, 4.69) is 16.8 Å². The van der Waals surface area contributed by atoms with Crippen LogP contribution in [-0.2, 0) is 9.47 Å². The molecule has 0 amide bonds. The van der Waals surface area contributed by atoms with E-state index in [1.807, 2.05) is 13.8 Å². The SMILES string of the molecule is CCOC(CCN1CCCN(C)CC1)OCC. The number of nitrogens with zero attached hydrogens (tertiary/aromatic N) is 2. The van der Waals surface area contributed by atoms with Crippen molar-refractivity contribution in [3.8, 4) is 0 Å². The molecule has 4 heteroatoms. The lowest BCUT2D eigenvalue weighted by atomic mass is 10.3. The van der Waals surface area contributed by atoms with Gasteiger partial charge >= 0.3 is 0 Å². The summed E-state index contributed by atoms with van der Waals surface area (Å²) < 4.78 is 11.1. The first kappa shape index (κ1) is 14.9. The third-order valence-electron chi connectivity index (χ3n) is 3.20. The lowest BCUT2D eigenvalue weighted by Gasteiger charge is -2.23. The average Bonchev–Trinajstić information content (AvgIpc) is 2.52. The zero-order chi connectivity index (χ0) is 12.5. The molecule has 1 heterocycles. The molecule has 0 aromatic rings. The standard InChI is InChI=1S/C13H28N2O2/c1-4-16-13(17-5-2)7-10-15-9-6-8-14(3)11-12-15/h13H,4-12H2,1-3H3. The van der Waals surface area contributed by atoms with Gasteiger partial charge in [0.25, 0.3) is 0 Å². The van der Waals surface area contributed by atoms with Gasteiger partial charge in [-0.15, -0.1) is 0 Å². The van der Waals surface area contributed by atoms with E-state index >= 15 is 0 Å². The maximum atomic E-state index is 5.57. The Balaban J connectivity index is 2.22. The molecule has 0 N–H and O–H groups in total. The van der Waals surface area contributed by atoms with Gasteiger partial charge in [0.05, 0.1) is 0 Å². The third kappa shape index (κ3) is 6.36.